The lowest BCUT2D eigenvalue weighted by atomic mass is 10.0. The molecular weight excluding hydrogens is 506 g/mol. The van der Waals surface area contributed by atoms with Gasteiger partial charge in [0.1, 0.15) is 11.2 Å². The number of nitrogens with two attached hydrogens (primary N) is 1. The number of ether oxygens (including phenoxy) is 3. The number of esters is 1. The number of fused-ring (bicyclic) bond motifs is 2. The topological polar surface area (TPSA) is 113 Å². The van der Waals surface area contributed by atoms with E-state index in [9.17, 15) is 14.4 Å². The van der Waals surface area contributed by atoms with Crippen molar-refractivity contribution in [3.63, 3.8) is 0 Å². The molecule has 38 heavy (non-hydrogen) atoms. The number of hydrogen-bond acceptors (Lipinski definition) is 8. The van der Waals surface area contributed by atoms with E-state index < -0.39 is 11.6 Å². The second kappa shape index (κ2) is 9.74. The Kier molecular flexibility index (Phi) is 6.73. The lowest BCUT2D eigenvalue weighted by molar-refractivity contribution is 0.0207. The molecule has 1 aliphatic carbocycles. The third-order valence-electron chi connectivity index (χ3n) is 6.66. The minimum atomic E-state index is -0.619. The van der Waals surface area contributed by atoms with E-state index in [0.717, 1.165) is 33.7 Å². The predicted molar refractivity (Wildman–Crippen MR) is 146 cm³/mol. The quantitative estimate of drug-likeness (QED) is 0.454. The number of rotatable bonds is 5. The highest BCUT2D eigenvalue weighted by Gasteiger charge is 2.33. The molecule has 5 rings (SSSR count). The Hall–Kier alpha value is -3.37. The summed E-state index contributed by atoms with van der Waals surface area (Å²) in [6.07, 6.45) is 3.13. The lowest BCUT2D eigenvalue weighted by Gasteiger charge is -2.32. The zero-order valence-corrected chi connectivity index (χ0v) is 23.1. The Morgan fingerprint density at radius 2 is 1.95 bits per heavy atom. The summed E-state index contributed by atoms with van der Waals surface area (Å²) in [5.74, 6) is -0.0515. The fourth-order valence-electron chi connectivity index (χ4n) is 4.88. The van der Waals surface area contributed by atoms with Crippen molar-refractivity contribution >= 4 is 34.3 Å². The number of carbonyl (C=O) groups is 2. The van der Waals surface area contributed by atoms with Crippen LogP contribution in [0.4, 0.5) is 4.79 Å². The summed E-state index contributed by atoms with van der Waals surface area (Å²) in [7, 11) is 1.59. The van der Waals surface area contributed by atoms with Gasteiger partial charge in [0.2, 0.25) is 5.43 Å². The van der Waals surface area contributed by atoms with Crippen molar-refractivity contribution in [2.24, 2.45) is 5.73 Å². The van der Waals surface area contributed by atoms with Crippen LogP contribution in [0.2, 0.25) is 0 Å². The summed E-state index contributed by atoms with van der Waals surface area (Å²) >= 11 is 1.56. The zero-order valence-electron chi connectivity index (χ0n) is 22.3. The summed E-state index contributed by atoms with van der Waals surface area (Å²) in [6.45, 7) is 8.20. The van der Waals surface area contributed by atoms with Crippen molar-refractivity contribution in [1.29, 1.82) is 0 Å². The minimum Gasteiger partial charge on any atom is -0.494 e. The molecule has 1 atom stereocenters. The molecule has 1 fully saturated rings. The van der Waals surface area contributed by atoms with Crippen molar-refractivity contribution in [2.45, 2.75) is 64.8 Å². The molecule has 0 bridgehead atoms. The smallest absolute Gasteiger partial charge is 0.410 e. The Labute approximate surface area is 225 Å². The van der Waals surface area contributed by atoms with Crippen LogP contribution in [0.1, 0.15) is 73.4 Å². The van der Waals surface area contributed by atoms with Crippen LogP contribution in [0.15, 0.2) is 29.2 Å². The van der Waals surface area contributed by atoms with Gasteiger partial charge >= 0.3 is 12.1 Å². The SMILES string of the molecule is CCOC(=O)c1cn(C2CC2)c2c(OC)c(-c3cc4c(s3)C(N)CN(C(=O)OC(C)(C)C)C4)ccc2c1=O. The Morgan fingerprint density at radius 3 is 2.58 bits per heavy atom. The van der Waals surface area contributed by atoms with Gasteiger partial charge in [-0.3, -0.25) is 4.79 Å². The summed E-state index contributed by atoms with van der Waals surface area (Å²) in [6, 6.07) is 5.48. The van der Waals surface area contributed by atoms with Gasteiger partial charge in [0.25, 0.3) is 0 Å². The van der Waals surface area contributed by atoms with Crippen LogP contribution in [0.25, 0.3) is 21.3 Å². The van der Waals surface area contributed by atoms with Gasteiger partial charge in [0.05, 0.1) is 37.2 Å². The molecular formula is C28H33N3O6S. The first-order valence-corrected chi connectivity index (χ1v) is 13.6. The number of pyridine rings is 1. The average Bonchev–Trinajstić information content (AvgIpc) is 3.60. The largest absolute Gasteiger partial charge is 0.494 e. The summed E-state index contributed by atoms with van der Waals surface area (Å²) in [5.41, 5.74) is 8.01. The fraction of sp³-hybridized carbons (Fsp3) is 0.464. The molecule has 3 aromatic rings. The van der Waals surface area contributed by atoms with Gasteiger partial charge in [-0.2, -0.15) is 0 Å². The molecule has 9 nitrogen and oxygen atoms in total. The maximum atomic E-state index is 13.3. The molecule has 2 aromatic heterocycles. The van der Waals surface area contributed by atoms with Crippen molar-refractivity contribution in [2.75, 3.05) is 20.3 Å². The molecule has 10 heteroatoms. The highest BCUT2D eigenvalue weighted by molar-refractivity contribution is 7.15. The van der Waals surface area contributed by atoms with Gasteiger partial charge in [-0.25, -0.2) is 9.59 Å². The first-order chi connectivity index (χ1) is 18.0. The van der Waals surface area contributed by atoms with Crippen LogP contribution in [0.3, 0.4) is 0 Å². The normalized spacial score (nSPS) is 17.3. The molecule has 1 aromatic carbocycles. The maximum absolute atomic E-state index is 13.3. The average molecular weight is 540 g/mol. The molecule has 1 saturated carbocycles. The van der Waals surface area contributed by atoms with E-state index in [4.69, 9.17) is 19.9 Å². The van der Waals surface area contributed by atoms with E-state index in [1.165, 1.54) is 0 Å². The summed E-state index contributed by atoms with van der Waals surface area (Å²) < 4.78 is 18.6. The molecule has 0 saturated heterocycles. The first-order valence-electron chi connectivity index (χ1n) is 12.8. The van der Waals surface area contributed by atoms with Crippen molar-refractivity contribution in [3.8, 4) is 16.2 Å². The number of methoxy groups -OCH3 is 1. The molecule has 3 heterocycles. The van der Waals surface area contributed by atoms with Gasteiger partial charge < -0.3 is 29.4 Å². The molecule has 0 radical (unpaired) electrons. The van der Waals surface area contributed by atoms with Crippen LogP contribution in [0, 0.1) is 0 Å². The van der Waals surface area contributed by atoms with E-state index in [0.29, 0.717) is 29.7 Å². The summed E-state index contributed by atoms with van der Waals surface area (Å²) in [5, 5.41) is 0.414. The number of aromatic nitrogens is 1. The maximum Gasteiger partial charge on any atom is 0.410 e. The highest BCUT2D eigenvalue weighted by atomic mass is 32.1. The molecule has 2 N–H and O–H groups in total. The van der Waals surface area contributed by atoms with Crippen LogP contribution in [0.5, 0.6) is 5.75 Å². The Morgan fingerprint density at radius 1 is 1.21 bits per heavy atom. The number of benzene rings is 1. The summed E-state index contributed by atoms with van der Waals surface area (Å²) in [4.78, 5) is 42.1. The van der Waals surface area contributed by atoms with Crippen molar-refractivity contribution in [3.05, 3.63) is 50.6 Å². The number of nitrogens with zero attached hydrogens (tertiary/aromatic N) is 2. The monoisotopic (exact) mass is 539 g/mol. The zero-order chi connectivity index (χ0) is 27.4. The first kappa shape index (κ1) is 26.2. The lowest BCUT2D eigenvalue weighted by Crippen LogP contribution is -2.42. The number of carbonyl (C=O) groups excluding carboxylic acids is 2. The second-order valence-electron chi connectivity index (χ2n) is 10.7. The van der Waals surface area contributed by atoms with Gasteiger partial charge in [-0.05, 0) is 64.3 Å². The van der Waals surface area contributed by atoms with E-state index in [1.807, 2.05) is 37.5 Å². The van der Waals surface area contributed by atoms with E-state index in [1.54, 1.807) is 42.5 Å². The Bertz CT molecular complexity index is 1480. The van der Waals surface area contributed by atoms with Gasteiger partial charge in [-0.1, -0.05) is 0 Å². The number of amides is 1. The van der Waals surface area contributed by atoms with Gasteiger partial charge in [0.15, 0.2) is 5.75 Å². The van der Waals surface area contributed by atoms with E-state index in [2.05, 4.69) is 0 Å². The minimum absolute atomic E-state index is 0.0286. The molecule has 1 aliphatic heterocycles. The van der Waals surface area contributed by atoms with Crippen LogP contribution < -0.4 is 15.9 Å². The fourth-order valence-corrected chi connectivity index (χ4v) is 6.07. The molecule has 202 valence electrons. The van der Waals surface area contributed by atoms with Crippen LogP contribution >= 0.6 is 11.3 Å². The Balaban J connectivity index is 1.59. The van der Waals surface area contributed by atoms with Crippen LogP contribution in [-0.4, -0.2) is 47.4 Å². The third-order valence-corrected chi connectivity index (χ3v) is 8.00. The molecule has 0 spiro atoms. The highest BCUT2D eigenvalue weighted by Crippen LogP contribution is 2.46. The number of hydrogen-bond donors (Lipinski definition) is 1. The van der Waals surface area contributed by atoms with Crippen molar-refractivity contribution < 1.29 is 23.8 Å². The molecule has 2 aliphatic rings. The second-order valence-corrected chi connectivity index (χ2v) is 11.8. The number of thiophene rings is 1. The molecule has 1 amide bonds. The standard InChI is InChI=1S/C28H33N3O6S/c1-6-36-26(33)19-13-31(16-7-8-16)22-18(23(19)32)10-9-17(24(22)35-5)21-11-15-12-30(14-20(29)25(15)38-21)27(34)37-28(2,3)4/h9-11,13,16,20H,6-8,12,14,29H2,1-5H3. The van der Waals surface area contributed by atoms with Gasteiger partial charge in [-0.15, -0.1) is 11.3 Å². The van der Waals surface area contributed by atoms with Crippen molar-refractivity contribution in [1.82, 2.24) is 9.47 Å². The molecule has 1 unspecified atom stereocenters. The van der Waals surface area contributed by atoms with E-state index in [-0.39, 0.29) is 35.8 Å². The third kappa shape index (κ3) is 4.78. The van der Waals surface area contributed by atoms with E-state index >= 15 is 0 Å². The predicted octanol–water partition coefficient (Wildman–Crippen LogP) is 5.00. The van der Waals surface area contributed by atoms with Crippen LogP contribution in [-0.2, 0) is 16.0 Å². The van der Waals surface area contributed by atoms with Gasteiger partial charge in [0, 0.05) is 34.1 Å².